The second-order valence-electron chi connectivity index (χ2n) is 3.67. The third-order valence-corrected chi connectivity index (χ3v) is 2.64. The van der Waals surface area contributed by atoms with Crippen molar-refractivity contribution in [3.8, 4) is 5.75 Å². The third-order valence-electron chi connectivity index (χ3n) is 2.64. The van der Waals surface area contributed by atoms with E-state index < -0.39 is 5.54 Å². The summed E-state index contributed by atoms with van der Waals surface area (Å²) >= 11 is 0. The first-order valence-electron chi connectivity index (χ1n) is 4.56. The zero-order valence-electron chi connectivity index (χ0n) is 7.93. The van der Waals surface area contributed by atoms with E-state index in [-0.39, 0.29) is 24.4 Å². The Morgan fingerprint density at radius 1 is 1.27 bits per heavy atom. The first-order chi connectivity index (χ1) is 7.16. The fourth-order valence-corrected chi connectivity index (χ4v) is 1.81. The van der Waals surface area contributed by atoms with Gasteiger partial charge in [0.15, 0.2) is 0 Å². The highest BCUT2D eigenvalue weighted by atomic mass is 16.3. The molecule has 0 radical (unpaired) electrons. The summed E-state index contributed by atoms with van der Waals surface area (Å²) < 4.78 is 0. The largest absolute Gasteiger partial charge is 0.508 e. The van der Waals surface area contributed by atoms with Crippen LogP contribution in [0.2, 0.25) is 0 Å². The van der Waals surface area contributed by atoms with Crippen molar-refractivity contribution < 1.29 is 14.7 Å². The average Bonchev–Trinajstić information content (AvgIpc) is 2.16. The fourth-order valence-electron chi connectivity index (χ4n) is 1.81. The molecule has 1 fully saturated rings. The number of ketones is 1. The van der Waals surface area contributed by atoms with Gasteiger partial charge < -0.3 is 5.11 Å². The summed E-state index contributed by atoms with van der Waals surface area (Å²) in [7, 11) is 0. The number of phenols is 1. The van der Waals surface area contributed by atoms with Gasteiger partial charge in [-0.1, -0.05) is 12.1 Å². The third kappa shape index (κ3) is 1.55. The normalized spacial score (nSPS) is 17.7. The predicted octanol–water partition coefficient (Wildman–Crippen LogP) is 1.29. The average molecular weight is 203 g/mol. The van der Waals surface area contributed by atoms with Crippen LogP contribution in [0.25, 0.3) is 0 Å². The molecular weight excluding hydrogens is 194 g/mol. The Balaban J connectivity index is 2.38. The topological polar surface area (TPSA) is 66.7 Å². The molecule has 1 aliphatic carbocycles. The van der Waals surface area contributed by atoms with E-state index >= 15 is 0 Å². The molecule has 0 atom stereocenters. The number of aromatic hydroxyl groups is 1. The highest BCUT2D eigenvalue weighted by molar-refractivity contribution is 5.88. The molecule has 0 amide bonds. The van der Waals surface area contributed by atoms with Gasteiger partial charge in [-0.05, 0) is 17.7 Å². The minimum Gasteiger partial charge on any atom is -0.508 e. The minimum atomic E-state index is -0.730. The summed E-state index contributed by atoms with van der Waals surface area (Å²) in [4.78, 5) is 25.0. The Bertz CT molecular complexity index is 435. The molecule has 76 valence electrons. The summed E-state index contributed by atoms with van der Waals surface area (Å²) in [6, 6.07) is 6.37. The van der Waals surface area contributed by atoms with Crippen molar-refractivity contribution in [1.29, 1.82) is 0 Å². The van der Waals surface area contributed by atoms with E-state index in [0.29, 0.717) is 0 Å². The van der Waals surface area contributed by atoms with E-state index in [1.807, 2.05) is 0 Å². The summed E-state index contributed by atoms with van der Waals surface area (Å²) in [5, 5.41) is 9.12. The second kappa shape index (κ2) is 3.33. The van der Waals surface area contributed by atoms with Crippen LogP contribution in [0.5, 0.6) is 5.75 Å². The Morgan fingerprint density at radius 2 is 1.87 bits per heavy atom. The molecule has 1 aliphatic rings. The van der Waals surface area contributed by atoms with Crippen molar-refractivity contribution in [1.82, 2.24) is 0 Å². The summed E-state index contributed by atoms with van der Waals surface area (Å²) in [5.41, 5.74) is 0.0373. The first-order valence-corrected chi connectivity index (χ1v) is 4.56. The van der Waals surface area contributed by atoms with Crippen molar-refractivity contribution in [2.75, 3.05) is 0 Å². The molecule has 2 rings (SSSR count). The summed E-state index contributed by atoms with van der Waals surface area (Å²) in [6.45, 7) is 0. The van der Waals surface area contributed by atoms with Crippen LogP contribution in [0.15, 0.2) is 29.3 Å². The van der Waals surface area contributed by atoms with Crippen molar-refractivity contribution in [2.45, 2.75) is 18.4 Å². The molecular formula is C11H9NO3. The number of carbonyl (C=O) groups excluding carboxylic acids is 2. The minimum absolute atomic E-state index is 0.0853. The molecule has 4 nitrogen and oxygen atoms in total. The SMILES string of the molecule is O=C=NC1(c2ccc(O)cc2)CC(=O)C1. The van der Waals surface area contributed by atoms with Gasteiger partial charge in [0.2, 0.25) is 6.08 Å². The Hall–Kier alpha value is -1.93. The number of nitrogens with zero attached hydrogens (tertiary/aromatic N) is 1. The monoisotopic (exact) mass is 203 g/mol. The molecule has 0 aromatic heterocycles. The van der Waals surface area contributed by atoms with Crippen LogP contribution in [0, 0.1) is 0 Å². The van der Waals surface area contributed by atoms with Crippen LogP contribution < -0.4 is 0 Å². The quantitative estimate of drug-likeness (QED) is 0.581. The first kappa shape index (κ1) is 9.62. The highest BCUT2D eigenvalue weighted by Crippen LogP contribution is 2.42. The Labute approximate surface area is 86.3 Å². The van der Waals surface area contributed by atoms with Gasteiger partial charge >= 0.3 is 0 Å². The number of phenolic OH excluding ortho intramolecular Hbond substituents is 1. The van der Waals surface area contributed by atoms with Crippen LogP contribution in [0.1, 0.15) is 18.4 Å². The van der Waals surface area contributed by atoms with Crippen molar-refractivity contribution >= 4 is 11.9 Å². The molecule has 0 spiro atoms. The molecule has 15 heavy (non-hydrogen) atoms. The zero-order valence-corrected chi connectivity index (χ0v) is 7.93. The molecule has 1 saturated carbocycles. The standard InChI is InChI=1S/C11H9NO3/c13-7-12-11(5-10(15)6-11)8-1-3-9(14)4-2-8/h1-4,14H,5-6H2. The fraction of sp³-hybridized carbons (Fsp3) is 0.273. The molecule has 4 heteroatoms. The highest BCUT2D eigenvalue weighted by Gasteiger charge is 2.45. The molecule has 0 saturated heterocycles. The smallest absolute Gasteiger partial charge is 0.235 e. The van der Waals surface area contributed by atoms with Crippen molar-refractivity contribution in [2.24, 2.45) is 4.99 Å². The van der Waals surface area contributed by atoms with Gasteiger partial charge in [0.1, 0.15) is 17.1 Å². The van der Waals surface area contributed by atoms with Crippen LogP contribution >= 0.6 is 0 Å². The van der Waals surface area contributed by atoms with Crippen LogP contribution in [-0.2, 0) is 15.1 Å². The van der Waals surface area contributed by atoms with E-state index in [1.165, 1.54) is 18.2 Å². The van der Waals surface area contributed by atoms with E-state index in [9.17, 15) is 9.59 Å². The maximum absolute atomic E-state index is 11.0. The molecule has 1 aromatic carbocycles. The zero-order chi connectivity index (χ0) is 10.9. The summed E-state index contributed by atoms with van der Waals surface area (Å²) in [6.07, 6.45) is 1.99. The van der Waals surface area contributed by atoms with Gasteiger partial charge in [0, 0.05) is 12.8 Å². The maximum Gasteiger partial charge on any atom is 0.235 e. The number of aliphatic imine (C=N–C) groups is 1. The lowest BCUT2D eigenvalue weighted by molar-refractivity contribution is -0.128. The number of hydrogen-bond donors (Lipinski definition) is 1. The molecule has 0 unspecified atom stereocenters. The Kier molecular flexibility index (Phi) is 2.14. The van der Waals surface area contributed by atoms with Crippen molar-refractivity contribution in [3.05, 3.63) is 29.8 Å². The molecule has 0 bridgehead atoms. The molecule has 1 N–H and O–H groups in total. The number of rotatable bonds is 2. The lowest BCUT2D eigenvalue weighted by atomic mass is 9.71. The van der Waals surface area contributed by atoms with Gasteiger partial charge in [0.25, 0.3) is 0 Å². The number of Topliss-reactive ketones (excluding diaryl/α,β-unsaturated/α-hetero) is 1. The number of carbonyl (C=O) groups is 1. The van der Waals surface area contributed by atoms with E-state index in [4.69, 9.17) is 5.11 Å². The van der Waals surface area contributed by atoms with E-state index in [0.717, 1.165) is 5.56 Å². The number of benzene rings is 1. The van der Waals surface area contributed by atoms with E-state index in [2.05, 4.69) is 4.99 Å². The molecule has 0 heterocycles. The predicted molar refractivity (Wildman–Crippen MR) is 52.1 cm³/mol. The molecule has 0 aliphatic heterocycles. The van der Waals surface area contributed by atoms with Crippen molar-refractivity contribution in [3.63, 3.8) is 0 Å². The van der Waals surface area contributed by atoms with Gasteiger partial charge in [0.05, 0.1) is 0 Å². The second-order valence-corrected chi connectivity index (χ2v) is 3.67. The maximum atomic E-state index is 11.0. The van der Waals surface area contributed by atoms with Gasteiger partial charge in [-0.15, -0.1) is 0 Å². The van der Waals surface area contributed by atoms with E-state index in [1.54, 1.807) is 12.1 Å². The van der Waals surface area contributed by atoms with Crippen LogP contribution in [0.3, 0.4) is 0 Å². The lowest BCUT2D eigenvalue weighted by Gasteiger charge is -2.35. The van der Waals surface area contributed by atoms with Gasteiger partial charge in [-0.3, -0.25) is 4.79 Å². The lowest BCUT2D eigenvalue weighted by Crippen LogP contribution is -2.39. The number of isocyanates is 1. The number of hydrogen-bond acceptors (Lipinski definition) is 4. The van der Waals surface area contributed by atoms with Gasteiger partial charge in [-0.2, -0.15) is 4.99 Å². The van der Waals surface area contributed by atoms with Crippen LogP contribution in [-0.4, -0.2) is 17.0 Å². The van der Waals surface area contributed by atoms with Gasteiger partial charge in [-0.25, -0.2) is 4.79 Å². The van der Waals surface area contributed by atoms with Crippen LogP contribution in [0.4, 0.5) is 0 Å². The molecule has 1 aromatic rings. The Morgan fingerprint density at radius 3 is 2.33 bits per heavy atom. The summed E-state index contributed by atoms with van der Waals surface area (Å²) in [5.74, 6) is 0.233.